The van der Waals surface area contributed by atoms with Crippen molar-refractivity contribution in [2.24, 2.45) is 0 Å². The summed E-state index contributed by atoms with van der Waals surface area (Å²) in [6.45, 7) is 2.30. The average Bonchev–Trinajstić information content (AvgIpc) is 3.13. The number of nitrogens with zero attached hydrogens (tertiary/aromatic N) is 3. The Balaban J connectivity index is 1.39. The normalized spacial score (nSPS) is 15.3. The van der Waals surface area contributed by atoms with Gasteiger partial charge in [0.1, 0.15) is 5.75 Å². The third-order valence-corrected chi connectivity index (χ3v) is 7.32. The smallest absolute Gasteiger partial charge is 0.238 e. The minimum Gasteiger partial charge on any atom is -0.345 e. The number of carbonyl (C=O) groups is 1. The SMILES string of the molecule is O=C(CS(=O)(=O)c1ccccc1)N1CCN(c2nc3ccccc3s2)CC1. The van der Waals surface area contributed by atoms with Gasteiger partial charge in [-0.1, -0.05) is 41.7 Å². The molecule has 0 atom stereocenters. The summed E-state index contributed by atoms with van der Waals surface area (Å²) in [6.07, 6.45) is 0. The highest BCUT2D eigenvalue weighted by molar-refractivity contribution is 7.92. The molecule has 6 nitrogen and oxygen atoms in total. The summed E-state index contributed by atoms with van der Waals surface area (Å²) in [5.41, 5.74) is 0.977. The molecule has 1 saturated heterocycles. The Hall–Kier alpha value is -2.45. The molecule has 1 aliphatic heterocycles. The first kappa shape index (κ1) is 17.9. The Bertz CT molecular complexity index is 1020. The fourth-order valence-electron chi connectivity index (χ4n) is 3.11. The van der Waals surface area contributed by atoms with Crippen molar-refractivity contribution in [1.29, 1.82) is 0 Å². The summed E-state index contributed by atoms with van der Waals surface area (Å²) in [5.74, 6) is -0.833. The van der Waals surface area contributed by atoms with Crippen molar-refractivity contribution >= 4 is 42.4 Å². The van der Waals surface area contributed by atoms with Crippen LogP contribution < -0.4 is 4.90 Å². The largest absolute Gasteiger partial charge is 0.345 e. The third-order valence-electron chi connectivity index (χ3n) is 4.60. The molecule has 3 aromatic rings. The molecule has 27 heavy (non-hydrogen) atoms. The molecule has 2 aromatic carbocycles. The van der Waals surface area contributed by atoms with E-state index in [9.17, 15) is 13.2 Å². The third kappa shape index (κ3) is 3.81. The summed E-state index contributed by atoms with van der Waals surface area (Å²) in [6, 6.07) is 16.1. The lowest BCUT2D eigenvalue weighted by molar-refractivity contribution is -0.128. The van der Waals surface area contributed by atoms with Gasteiger partial charge in [0, 0.05) is 26.2 Å². The van der Waals surface area contributed by atoms with E-state index >= 15 is 0 Å². The molecule has 1 aromatic heterocycles. The van der Waals surface area contributed by atoms with E-state index in [1.54, 1.807) is 34.4 Å². The van der Waals surface area contributed by atoms with Gasteiger partial charge < -0.3 is 9.80 Å². The van der Waals surface area contributed by atoms with E-state index in [-0.39, 0.29) is 10.8 Å². The molecule has 1 fully saturated rings. The molecule has 4 rings (SSSR count). The summed E-state index contributed by atoms with van der Waals surface area (Å²) >= 11 is 1.64. The number of piperazine rings is 1. The van der Waals surface area contributed by atoms with Crippen LogP contribution in [0.4, 0.5) is 5.13 Å². The fraction of sp³-hybridized carbons (Fsp3) is 0.263. The molecule has 0 unspecified atom stereocenters. The highest BCUT2D eigenvalue weighted by atomic mass is 32.2. The van der Waals surface area contributed by atoms with Gasteiger partial charge in [-0.25, -0.2) is 13.4 Å². The van der Waals surface area contributed by atoms with Gasteiger partial charge in [-0.3, -0.25) is 4.79 Å². The van der Waals surface area contributed by atoms with E-state index in [1.807, 2.05) is 24.3 Å². The number of thiazole rings is 1. The van der Waals surface area contributed by atoms with Crippen LogP contribution in [0.1, 0.15) is 0 Å². The number of para-hydroxylation sites is 1. The lowest BCUT2D eigenvalue weighted by Crippen LogP contribution is -2.50. The van der Waals surface area contributed by atoms with Crippen molar-refractivity contribution in [3.8, 4) is 0 Å². The van der Waals surface area contributed by atoms with Crippen LogP contribution in [0.5, 0.6) is 0 Å². The average molecular weight is 402 g/mol. The maximum absolute atomic E-state index is 12.5. The number of anilines is 1. The number of benzene rings is 2. The minimum absolute atomic E-state index is 0.187. The zero-order chi connectivity index (χ0) is 18.9. The molecular formula is C19H19N3O3S2. The van der Waals surface area contributed by atoms with Crippen LogP contribution in [0.25, 0.3) is 10.2 Å². The number of carbonyl (C=O) groups excluding carboxylic acids is 1. The zero-order valence-electron chi connectivity index (χ0n) is 14.6. The summed E-state index contributed by atoms with van der Waals surface area (Å²) in [7, 11) is -3.61. The highest BCUT2D eigenvalue weighted by Gasteiger charge is 2.27. The van der Waals surface area contributed by atoms with Crippen LogP contribution in [0, 0.1) is 0 Å². The lowest BCUT2D eigenvalue weighted by Gasteiger charge is -2.34. The van der Waals surface area contributed by atoms with E-state index in [1.165, 1.54) is 12.1 Å². The topological polar surface area (TPSA) is 70.6 Å². The van der Waals surface area contributed by atoms with Crippen LogP contribution in [0.3, 0.4) is 0 Å². The molecule has 0 N–H and O–H groups in total. The highest BCUT2D eigenvalue weighted by Crippen LogP contribution is 2.29. The van der Waals surface area contributed by atoms with Gasteiger partial charge in [0.2, 0.25) is 5.91 Å². The molecule has 0 spiro atoms. The Kier molecular flexibility index (Phi) is 4.84. The van der Waals surface area contributed by atoms with Gasteiger partial charge in [-0.15, -0.1) is 0 Å². The summed E-state index contributed by atoms with van der Waals surface area (Å²) < 4.78 is 25.9. The molecule has 0 radical (unpaired) electrons. The van der Waals surface area contributed by atoms with Crippen molar-refractivity contribution in [1.82, 2.24) is 9.88 Å². The van der Waals surface area contributed by atoms with Crippen LogP contribution in [-0.4, -0.2) is 56.1 Å². The lowest BCUT2D eigenvalue weighted by atomic mass is 10.3. The molecule has 0 bridgehead atoms. The van der Waals surface area contributed by atoms with Crippen molar-refractivity contribution < 1.29 is 13.2 Å². The van der Waals surface area contributed by atoms with Crippen LogP contribution in [0.15, 0.2) is 59.5 Å². The van der Waals surface area contributed by atoms with Gasteiger partial charge in [0.25, 0.3) is 0 Å². The van der Waals surface area contributed by atoms with Crippen LogP contribution >= 0.6 is 11.3 Å². The van der Waals surface area contributed by atoms with E-state index < -0.39 is 15.6 Å². The summed E-state index contributed by atoms with van der Waals surface area (Å²) in [4.78, 5) is 21.1. The Labute approximate surface area is 162 Å². The molecule has 0 aliphatic carbocycles. The van der Waals surface area contributed by atoms with Crippen LogP contribution in [-0.2, 0) is 14.6 Å². The van der Waals surface area contributed by atoms with E-state index in [0.717, 1.165) is 15.3 Å². The molecule has 140 valence electrons. The molecule has 2 heterocycles. The van der Waals surface area contributed by atoms with Gasteiger partial charge in [-0.05, 0) is 24.3 Å². The number of amides is 1. The number of hydrogen-bond acceptors (Lipinski definition) is 6. The van der Waals surface area contributed by atoms with Gasteiger partial charge in [0.05, 0.1) is 15.1 Å². The number of aromatic nitrogens is 1. The van der Waals surface area contributed by atoms with E-state index in [2.05, 4.69) is 9.88 Å². The predicted octanol–water partition coefficient (Wildman–Crippen LogP) is 2.42. The molecule has 1 aliphatic rings. The van der Waals surface area contributed by atoms with E-state index in [0.29, 0.717) is 26.2 Å². The second-order valence-electron chi connectivity index (χ2n) is 6.40. The van der Waals surface area contributed by atoms with E-state index in [4.69, 9.17) is 0 Å². The number of fused-ring (bicyclic) bond motifs is 1. The van der Waals surface area contributed by atoms with Gasteiger partial charge >= 0.3 is 0 Å². The fourth-order valence-corrected chi connectivity index (χ4v) is 5.37. The predicted molar refractivity (Wildman–Crippen MR) is 107 cm³/mol. The Morgan fingerprint density at radius 2 is 1.63 bits per heavy atom. The van der Waals surface area contributed by atoms with Crippen molar-refractivity contribution in [2.75, 3.05) is 36.8 Å². The first-order chi connectivity index (χ1) is 13.0. The first-order valence-electron chi connectivity index (χ1n) is 8.69. The van der Waals surface area contributed by atoms with Gasteiger partial charge in [-0.2, -0.15) is 0 Å². The summed E-state index contributed by atoms with van der Waals surface area (Å²) in [5, 5.41) is 0.945. The Morgan fingerprint density at radius 3 is 2.33 bits per heavy atom. The van der Waals surface area contributed by atoms with Gasteiger partial charge in [0.15, 0.2) is 15.0 Å². The Morgan fingerprint density at radius 1 is 0.963 bits per heavy atom. The maximum Gasteiger partial charge on any atom is 0.238 e. The second-order valence-corrected chi connectivity index (χ2v) is 9.40. The molecule has 8 heteroatoms. The number of rotatable bonds is 4. The second kappa shape index (κ2) is 7.28. The molecule has 1 amide bonds. The monoisotopic (exact) mass is 401 g/mol. The molecule has 0 saturated carbocycles. The maximum atomic E-state index is 12.5. The quantitative estimate of drug-likeness (QED) is 0.671. The van der Waals surface area contributed by atoms with Crippen LogP contribution in [0.2, 0.25) is 0 Å². The zero-order valence-corrected chi connectivity index (χ0v) is 16.2. The number of sulfone groups is 1. The standard InChI is InChI=1S/C19H19N3O3S2/c23-18(14-27(24,25)15-6-2-1-3-7-15)21-10-12-22(13-11-21)19-20-16-8-4-5-9-17(16)26-19/h1-9H,10-14H2. The molecular weight excluding hydrogens is 382 g/mol. The van der Waals surface area contributed by atoms with Crippen molar-refractivity contribution in [3.63, 3.8) is 0 Å². The first-order valence-corrected chi connectivity index (χ1v) is 11.2. The van der Waals surface area contributed by atoms with Crippen molar-refractivity contribution in [3.05, 3.63) is 54.6 Å². The van der Waals surface area contributed by atoms with Crippen molar-refractivity contribution in [2.45, 2.75) is 4.90 Å². The minimum atomic E-state index is -3.61. The number of hydrogen-bond donors (Lipinski definition) is 0.